The third kappa shape index (κ3) is 3.99. The van der Waals surface area contributed by atoms with Gasteiger partial charge in [0.15, 0.2) is 5.82 Å². The summed E-state index contributed by atoms with van der Waals surface area (Å²) in [5.74, 6) is -0.227. The standard InChI is InChI=1S/C27H21N3O4/c1-17-13-14-22-20(15-23(31)34-24(22)18(17)2)16-33-27(32)25-28-26(19-9-5-3-6-10-19)30(29-25)21-11-7-4-8-12-21/h3-15H,16H2,1-2H3. The number of hydrogen-bond acceptors (Lipinski definition) is 6. The maximum absolute atomic E-state index is 12.9. The highest BCUT2D eigenvalue weighted by Gasteiger charge is 2.20. The molecule has 0 N–H and O–H groups in total. The van der Waals surface area contributed by atoms with Crippen LogP contribution in [-0.2, 0) is 11.3 Å². The molecule has 168 valence electrons. The summed E-state index contributed by atoms with van der Waals surface area (Å²) in [5.41, 5.74) is 4.03. The van der Waals surface area contributed by atoms with Gasteiger partial charge in [-0.3, -0.25) is 0 Å². The molecule has 0 unspecified atom stereocenters. The van der Waals surface area contributed by atoms with Crippen molar-refractivity contribution in [1.82, 2.24) is 14.8 Å². The molecule has 0 aliphatic heterocycles. The van der Waals surface area contributed by atoms with Gasteiger partial charge in [0.25, 0.3) is 5.82 Å². The van der Waals surface area contributed by atoms with E-state index in [1.54, 1.807) is 4.68 Å². The molecular weight excluding hydrogens is 430 g/mol. The largest absolute Gasteiger partial charge is 0.455 e. The Morgan fingerprint density at radius 2 is 1.68 bits per heavy atom. The van der Waals surface area contributed by atoms with Crippen LogP contribution in [0.25, 0.3) is 28.0 Å². The van der Waals surface area contributed by atoms with Gasteiger partial charge in [-0.2, -0.15) is 0 Å². The van der Waals surface area contributed by atoms with Crippen LogP contribution in [0.4, 0.5) is 0 Å². The zero-order chi connectivity index (χ0) is 23.7. The first-order valence-electron chi connectivity index (χ1n) is 10.8. The molecule has 0 aliphatic rings. The monoisotopic (exact) mass is 451 g/mol. The zero-order valence-corrected chi connectivity index (χ0v) is 18.7. The first-order valence-corrected chi connectivity index (χ1v) is 10.8. The fourth-order valence-electron chi connectivity index (χ4n) is 3.77. The average Bonchev–Trinajstić information content (AvgIpc) is 3.32. The lowest BCUT2D eigenvalue weighted by Gasteiger charge is -2.09. The predicted octanol–water partition coefficient (Wildman–Crippen LogP) is 5.01. The number of carbonyl (C=O) groups is 1. The Bertz CT molecular complexity index is 1500. The number of aryl methyl sites for hydroxylation is 2. The molecule has 0 atom stereocenters. The molecule has 0 radical (unpaired) electrons. The number of benzene rings is 3. The van der Waals surface area contributed by atoms with Crippen LogP contribution >= 0.6 is 0 Å². The van der Waals surface area contributed by atoms with E-state index in [-0.39, 0.29) is 12.4 Å². The fourth-order valence-corrected chi connectivity index (χ4v) is 3.77. The van der Waals surface area contributed by atoms with E-state index in [1.807, 2.05) is 86.6 Å². The van der Waals surface area contributed by atoms with Gasteiger partial charge in [0, 0.05) is 22.6 Å². The molecule has 2 heterocycles. The minimum absolute atomic E-state index is 0.0676. The third-order valence-electron chi connectivity index (χ3n) is 5.70. The van der Waals surface area contributed by atoms with Gasteiger partial charge in [0.05, 0.1) is 5.69 Å². The number of rotatable bonds is 5. The van der Waals surface area contributed by atoms with Crippen molar-refractivity contribution in [3.8, 4) is 17.1 Å². The number of carbonyl (C=O) groups excluding carboxylic acids is 1. The van der Waals surface area contributed by atoms with E-state index in [1.165, 1.54) is 6.07 Å². The Labute approximate surface area is 195 Å². The van der Waals surface area contributed by atoms with Crippen LogP contribution in [0.2, 0.25) is 0 Å². The van der Waals surface area contributed by atoms with Crippen molar-refractivity contribution in [2.24, 2.45) is 0 Å². The summed E-state index contributed by atoms with van der Waals surface area (Å²) in [7, 11) is 0. The summed E-state index contributed by atoms with van der Waals surface area (Å²) in [5, 5.41) is 5.15. The van der Waals surface area contributed by atoms with E-state index in [9.17, 15) is 9.59 Å². The molecule has 5 rings (SSSR count). The Balaban J connectivity index is 1.48. The quantitative estimate of drug-likeness (QED) is 0.276. The number of esters is 1. The summed E-state index contributed by atoms with van der Waals surface area (Å²) in [6, 6.07) is 24.1. The highest BCUT2D eigenvalue weighted by molar-refractivity contribution is 5.87. The van der Waals surface area contributed by atoms with Crippen LogP contribution in [0, 0.1) is 13.8 Å². The molecule has 3 aromatic carbocycles. The Kier molecular flexibility index (Phi) is 5.51. The summed E-state index contributed by atoms with van der Waals surface area (Å²) < 4.78 is 12.5. The predicted molar refractivity (Wildman–Crippen MR) is 128 cm³/mol. The van der Waals surface area contributed by atoms with Gasteiger partial charge < -0.3 is 9.15 Å². The van der Waals surface area contributed by atoms with Crippen LogP contribution in [0.3, 0.4) is 0 Å². The zero-order valence-electron chi connectivity index (χ0n) is 18.7. The van der Waals surface area contributed by atoms with Crippen molar-refractivity contribution < 1.29 is 13.9 Å². The molecule has 5 aromatic rings. The second-order valence-electron chi connectivity index (χ2n) is 7.92. The van der Waals surface area contributed by atoms with Gasteiger partial charge in [0.2, 0.25) is 0 Å². The normalized spacial score (nSPS) is 11.0. The van der Waals surface area contributed by atoms with Gasteiger partial charge in [-0.1, -0.05) is 60.7 Å². The van der Waals surface area contributed by atoms with E-state index >= 15 is 0 Å². The Morgan fingerprint density at radius 3 is 2.41 bits per heavy atom. The van der Waals surface area contributed by atoms with E-state index in [4.69, 9.17) is 9.15 Å². The summed E-state index contributed by atoms with van der Waals surface area (Å²) >= 11 is 0. The molecule has 0 fully saturated rings. The van der Waals surface area contributed by atoms with Gasteiger partial charge in [0.1, 0.15) is 12.2 Å². The van der Waals surface area contributed by atoms with Gasteiger partial charge >= 0.3 is 11.6 Å². The first-order chi connectivity index (χ1) is 16.5. The highest BCUT2D eigenvalue weighted by Crippen LogP contribution is 2.25. The molecule has 0 saturated carbocycles. The summed E-state index contributed by atoms with van der Waals surface area (Å²) in [4.78, 5) is 29.5. The molecule has 0 bridgehead atoms. The molecule has 2 aromatic heterocycles. The second-order valence-corrected chi connectivity index (χ2v) is 7.92. The summed E-state index contributed by atoms with van der Waals surface area (Å²) in [6.45, 7) is 3.73. The van der Waals surface area contributed by atoms with Crippen LogP contribution in [0.1, 0.15) is 27.3 Å². The van der Waals surface area contributed by atoms with Crippen molar-refractivity contribution in [1.29, 1.82) is 0 Å². The van der Waals surface area contributed by atoms with Gasteiger partial charge in [-0.15, -0.1) is 5.10 Å². The fraction of sp³-hybridized carbons (Fsp3) is 0.111. The van der Waals surface area contributed by atoms with Crippen LogP contribution in [-0.4, -0.2) is 20.7 Å². The minimum Gasteiger partial charge on any atom is -0.455 e. The molecular formula is C27H21N3O4. The number of para-hydroxylation sites is 1. The minimum atomic E-state index is -0.683. The number of aromatic nitrogens is 3. The lowest BCUT2D eigenvalue weighted by atomic mass is 10.0. The van der Waals surface area contributed by atoms with E-state index < -0.39 is 11.6 Å². The SMILES string of the molecule is Cc1ccc2c(COC(=O)c3nc(-c4ccccc4)n(-c4ccccc4)n3)cc(=O)oc2c1C. The molecule has 0 amide bonds. The number of fused-ring (bicyclic) bond motifs is 1. The molecule has 7 nitrogen and oxygen atoms in total. The average molecular weight is 451 g/mol. The van der Waals surface area contributed by atoms with Gasteiger partial charge in [-0.25, -0.2) is 19.3 Å². The van der Waals surface area contributed by atoms with E-state index in [0.29, 0.717) is 17.0 Å². The van der Waals surface area contributed by atoms with Crippen molar-refractivity contribution in [3.05, 3.63) is 112 Å². The maximum atomic E-state index is 12.9. The summed E-state index contributed by atoms with van der Waals surface area (Å²) in [6.07, 6.45) is 0. The van der Waals surface area contributed by atoms with Crippen molar-refractivity contribution in [3.63, 3.8) is 0 Å². The van der Waals surface area contributed by atoms with Crippen molar-refractivity contribution in [2.45, 2.75) is 20.5 Å². The number of nitrogens with zero attached hydrogens (tertiary/aromatic N) is 3. The molecule has 0 aliphatic carbocycles. The molecule has 0 spiro atoms. The van der Waals surface area contributed by atoms with Crippen molar-refractivity contribution in [2.75, 3.05) is 0 Å². The van der Waals surface area contributed by atoms with Gasteiger partial charge in [-0.05, 0) is 37.1 Å². The highest BCUT2D eigenvalue weighted by atomic mass is 16.5. The Morgan fingerprint density at radius 1 is 0.971 bits per heavy atom. The van der Waals surface area contributed by atoms with Crippen molar-refractivity contribution >= 4 is 16.9 Å². The van der Waals surface area contributed by atoms with Crippen LogP contribution < -0.4 is 5.63 Å². The topological polar surface area (TPSA) is 87.2 Å². The molecule has 7 heteroatoms. The number of hydrogen-bond donors (Lipinski definition) is 0. The lowest BCUT2D eigenvalue weighted by molar-refractivity contribution is 0.0459. The van der Waals surface area contributed by atoms with Crippen LogP contribution in [0.5, 0.6) is 0 Å². The first kappa shape index (κ1) is 21.3. The molecule has 34 heavy (non-hydrogen) atoms. The number of ether oxygens (including phenoxy) is 1. The Hall–Kier alpha value is -4.52. The lowest BCUT2D eigenvalue weighted by Crippen LogP contribution is -2.10. The van der Waals surface area contributed by atoms with E-state index in [0.717, 1.165) is 27.8 Å². The van der Waals surface area contributed by atoms with Crippen LogP contribution in [0.15, 0.2) is 88.1 Å². The third-order valence-corrected chi connectivity index (χ3v) is 5.70. The maximum Gasteiger partial charge on any atom is 0.378 e. The second kappa shape index (κ2) is 8.78. The molecule has 0 saturated heterocycles. The van der Waals surface area contributed by atoms with E-state index in [2.05, 4.69) is 10.1 Å². The smallest absolute Gasteiger partial charge is 0.378 e.